The summed E-state index contributed by atoms with van der Waals surface area (Å²) in [4.78, 5) is 1.32. The minimum atomic E-state index is 0.243. The number of hydrogen-bond acceptors (Lipinski definition) is 4. The Hall–Kier alpha value is -2.33. The van der Waals surface area contributed by atoms with Gasteiger partial charge >= 0.3 is 0 Å². The molecule has 0 saturated heterocycles. The first-order valence-corrected chi connectivity index (χ1v) is 7.79. The van der Waals surface area contributed by atoms with Crippen LogP contribution in [-0.2, 0) is 0 Å². The maximum absolute atomic E-state index is 5.51. The summed E-state index contributed by atoms with van der Waals surface area (Å²) in [7, 11) is 0. The highest BCUT2D eigenvalue weighted by atomic mass is 32.1. The van der Waals surface area contributed by atoms with E-state index in [0.717, 1.165) is 23.6 Å². The van der Waals surface area contributed by atoms with Gasteiger partial charge in [0.25, 0.3) is 0 Å². The summed E-state index contributed by atoms with van der Waals surface area (Å²) in [5.74, 6) is 0.856. The van der Waals surface area contributed by atoms with Gasteiger partial charge < -0.3 is 4.42 Å². The fourth-order valence-electron chi connectivity index (χ4n) is 2.62. The lowest BCUT2D eigenvalue weighted by atomic mass is 10.1. The van der Waals surface area contributed by atoms with Gasteiger partial charge in [0, 0.05) is 11.3 Å². The normalized spacial score (nSPS) is 18.0. The van der Waals surface area contributed by atoms with Gasteiger partial charge in [-0.3, -0.25) is 5.01 Å². The molecule has 1 aliphatic heterocycles. The number of hydrogen-bond donors (Lipinski definition) is 0. The van der Waals surface area contributed by atoms with Gasteiger partial charge in [-0.25, -0.2) is 0 Å². The molecule has 0 saturated carbocycles. The van der Waals surface area contributed by atoms with Crippen LogP contribution in [-0.4, -0.2) is 5.71 Å². The van der Waals surface area contributed by atoms with Crippen molar-refractivity contribution in [3.8, 4) is 0 Å². The zero-order valence-electron chi connectivity index (χ0n) is 11.3. The number of anilines is 1. The molecule has 4 heteroatoms. The second-order valence-electron chi connectivity index (χ2n) is 4.94. The number of furan rings is 1. The van der Waals surface area contributed by atoms with Gasteiger partial charge in [-0.15, -0.1) is 11.3 Å². The standard InChI is InChI=1S/C17H14N2OS/c1-2-6-13(7-3-1)19-15(17-9-5-11-21-17)12-14(18-19)16-8-4-10-20-16/h1-11,15H,12H2. The van der Waals surface area contributed by atoms with Crippen LogP contribution in [0.1, 0.15) is 23.1 Å². The maximum atomic E-state index is 5.51. The second-order valence-corrected chi connectivity index (χ2v) is 5.92. The molecule has 104 valence electrons. The van der Waals surface area contributed by atoms with Gasteiger partial charge in [0.2, 0.25) is 0 Å². The number of rotatable bonds is 3. The third kappa shape index (κ3) is 2.28. The van der Waals surface area contributed by atoms with Crippen LogP contribution in [0, 0.1) is 0 Å². The van der Waals surface area contributed by atoms with E-state index in [1.54, 1.807) is 17.6 Å². The molecule has 4 rings (SSSR count). The fraction of sp³-hybridized carbons (Fsp3) is 0.118. The molecular formula is C17H14N2OS. The molecule has 1 unspecified atom stereocenters. The SMILES string of the molecule is c1ccc(N2N=C(c3ccco3)CC2c2cccs2)cc1. The minimum absolute atomic E-state index is 0.243. The third-order valence-electron chi connectivity index (χ3n) is 3.61. The van der Waals surface area contributed by atoms with Crippen LogP contribution in [0.3, 0.4) is 0 Å². The van der Waals surface area contributed by atoms with Gasteiger partial charge in [0.1, 0.15) is 11.5 Å². The fourth-order valence-corrected chi connectivity index (χ4v) is 3.43. The highest BCUT2D eigenvalue weighted by Gasteiger charge is 2.31. The average Bonchev–Trinajstić information content (AvgIpc) is 3.27. The van der Waals surface area contributed by atoms with Crippen molar-refractivity contribution in [1.82, 2.24) is 0 Å². The van der Waals surface area contributed by atoms with Crippen molar-refractivity contribution in [1.29, 1.82) is 0 Å². The molecule has 3 nitrogen and oxygen atoms in total. The predicted octanol–water partition coefficient (Wildman–Crippen LogP) is 4.70. The lowest BCUT2D eigenvalue weighted by Crippen LogP contribution is -2.17. The molecule has 0 aliphatic carbocycles. The Morgan fingerprint density at radius 2 is 1.95 bits per heavy atom. The molecule has 3 heterocycles. The zero-order valence-corrected chi connectivity index (χ0v) is 12.2. The summed E-state index contributed by atoms with van der Waals surface area (Å²) >= 11 is 1.77. The van der Waals surface area contributed by atoms with E-state index in [1.165, 1.54) is 4.88 Å². The Morgan fingerprint density at radius 1 is 1.05 bits per heavy atom. The Balaban J connectivity index is 1.75. The summed E-state index contributed by atoms with van der Waals surface area (Å²) < 4.78 is 5.51. The van der Waals surface area contributed by atoms with Gasteiger partial charge in [0.15, 0.2) is 0 Å². The molecule has 3 aromatic rings. The molecular weight excluding hydrogens is 280 g/mol. The summed E-state index contributed by atoms with van der Waals surface area (Å²) in [6.45, 7) is 0. The number of thiophene rings is 1. The molecule has 0 bridgehead atoms. The average molecular weight is 294 g/mol. The van der Waals surface area contributed by atoms with Crippen molar-refractivity contribution in [3.05, 3.63) is 76.9 Å². The molecule has 0 N–H and O–H groups in total. The first-order chi connectivity index (χ1) is 10.4. The first kappa shape index (κ1) is 12.4. The van der Waals surface area contributed by atoms with Crippen LogP contribution in [0.5, 0.6) is 0 Å². The Kier molecular flexibility index (Phi) is 3.09. The second kappa shape index (κ2) is 5.22. The lowest BCUT2D eigenvalue weighted by Gasteiger charge is -2.22. The van der Waals surface area contributed by atoms with E-state index in [0.29, 0.717) is 0 Å². The van der Waals surface area contributed by atoms with Gasteiger partial charge in [-0.2, -0.15) is 5.10 Å². The Morgan fingerprint density at radius 3 is 2.67 bits per heavy atom. The smallest absolute Gasteiger partial charge is 0.149 e. The van der Waals surface area contributed by atoms with Crippen molar-refractivity contribution in [3.63, 3.8) is 0 Å². The summed E-state index contributed by atoms with van der Waals surface area (Å²) in [6, 6.07) is 18.7. The van der Waals surface area contributed by atoms with E-state index in [4.69, 9.17) is 9.52 Å². The first-order valence-electron chi connectivity index (χ1n) is 6.91. The number of benzene rings is 1. The Bertz CT molecular complexity index is 732. The number of hydrazone groups is 1. The minimum Gasteiger partial charge on any atom is -0.463 e. The van der Waals surface area contributed by atoms with Gasteiger partial charge in [0.05, 0.1) is 18.0 Å². The predicted molar refractivity (Wildman–Crippen MR) is 85.8 cm³/mol. The molecule has 2 aromatic heterocycles. The van der Waals surface area contributed by atoms with Crippen molar-refractivity contribution in [2.45, 2.75) is 12.5 Å². The summed E-state index contributed by atoms with van der Waals surface area (Å²) in [6.07, 6.45) is 2.56. The monoisotopic (exact) mass is 294 g/mol. The van der Waals surface area contributed by atoms with E-state index in [2.05, 4.69) is 34.7 Å². The van der Waals surface area contributed by atoms with Crippen LogP contribution >= 0.6 is 11.3 Å². The quantitative estimate of drug-likeness (QED) is 0.700. The van der Waals surface area contributed by atoms with Crippen molar-refractivity contribution in [2.75, 3.05) is 5.01 Å². The van der Waals surface area contributed by atoms with Crippen molar-refractivity contribution >= 4 is 22.7 Å². The van der Waals surface area contributed by atoms with Crippen LogP contribution in [0.4, 0.5) is 5.69 Å². The van der Waals surface area contributed by atoms with E-state index >= 15 is 0 Å². The molecule has 1 aromatic carbocycles. The maximum Gasteiger partial charge on any atom is 0.149 e. The molecule has 1 aliphatic rings. The molecule has 1 atom stereocenters. The van der Waals surface area contributed by atoms with E-state index in [-0.39, 0.29) is 6.04 Å². The third-order valence-corrected chi connectivity index (χ3v) is 4.58. The van der Waals surface area contributed by atoms with Crippen molar-refractivity contribution < 1.29 is 4.42 Å². The van der Waals surface area contributed by atoms with E-state index in [9.17, 15) is 0 Å². The molecule has 0 radical (unpaired) electrons. The lowest BCUT2D eigenvalue weighted by molar-refractivity contribution is 0.556. The van der Waals surface area contributed by atoms with Crippen molar-refractivity contribution in [2.24, 2.45) is 5.10 Å². The van der Waals surface area contributed by atoms with E-state index < -0.39 is 0 Å². The van der Waals surface area contributed by atoms with E-state index in [1.807, 2.05) is 30.3 Å². The highest BCUT2D eigenvalue weighted by molar-refractivity contribution is 7.10. The highest BCUT2D eigenvalue weighted by Crippen LogP contribution is 2.38. The van der Waals surface area contributed by atoms with Crippen LogP contribution in [0.25, 0.3) is 0 Å². The largest absolute Gasteiger partial charge is 0.463 e. The molecule has 0 amide bonds. The molecule has 0 fully saturated rings. The van der Waals surface area contributed by atoms with Gasteiger partial charge in [-0.1, -0.05) is 24.3 Å². The number of para-hydroxylation sites is 1. The topological polar surface area (TPSA) is 28.7 Å². The summed E-state index contributed by atoms with van der Waals surface area (Å²) in [5, 5.41) is 9.02. The van der Waals surface area contributed by atoms with Crippen LogP contribution in [0.2, 0.25) is 0 Å². The zero-order chi connectivity index (χ0) is 14.1. The summed E-state index contributed by atoms with van der Waals surface area (Å²) in [5.41, 5.74) is 2.11. The Labute approximate surface area is 127 Å². The van der Waals surface area contributed by atoms with Crippen LogP contribution in [0.15, 0.2) is 75.8 Å². The molecule has 0 spiro atoms. The number of nitrogens with zero attached hydrogens (tertiary/aromatic N) is 2. The molecule has 21 heavy (non-hydrogen) atoms. The van der Waals surface area contributed by atoms with Gasteiger partial charge in [-0.05, 0) is 35.7 Å². The van der Waals surface area contributed by atoms with Crippen LogP contribution < -0.4 is 5.01 Å².